The molecule has 0 fully saturated rings. The van der Waals surface area contributed by atoms with Crippen molar-refractivity contribution in [2.24, 2.45) is 7.05 Å². The van der Waals surface area contributed by atoms with Gasteiger partial charge in [0.1, 0.15) is 0 Å². The Labute approximate surface area is 228 Å². The third kappa shape index (κ3) is 4.26. The van der Waals surface area contributed by atoms with Gasteiger partial charge in [-0.3, -0.25) is 0 Å². The van der Waals surface area contributed by atoms with Crippen LogP contribution in [0.15, 0.2) is 72.9 Å². The third-order valence-electron chi connectivity index (χ3n) is 7.16. The molecule has 0 saturated carbocycles. The van der Waals surface area contributed by atoms with Crippen molar-refractivity contribution in [2.75, 3.05) is 11.4 Å². The molecule has 0 unspecified atom stereocenters. The normalized spacial score (nSPS) is 14.6. The maximum absolute atomic E-state index is 6.36. The Morgan fingerprint density at radius 1 is 0.946 bits per heavy atom. The number of hydrogen-bond acceptors (Lipinski definition) is 3. The summed E-state index contributed by atoms with van der Waals surface area (Å²) in [5.41, 5.74) is 6.77. The number of nitrogens with zero attached hydrogens (tertiary/aromatic N) is 4. The zero-order valence-electron chi connectivity index (χ0n) is 21.4. The minimum atomic E-state index is 0.0541. The number of ether oxygens (including phenoxy) is 1. The number of para-hydroxylation sites is 2. The number of imidazole rings is 1. The number of fused-ring (bicyclic) bond motifs is 2. The van der Waals surface area contributed by atoms with Crippen molar-refractivity contribution in [3.63, 3.8) is 0 Å². The Morgan fingerprint density at radius 3 is 2.54 bits per heavy atom. The van der Waals surface area contributed by atoms with Crippen molar-refractivity contribution in [1.82, 2.24) is 14.1 Å². The van der Waals surface area contributed by atoms with Gasteiger partial charge in [0.2, 0.25) is 0 Å². The summed E-state index contributed by atoms with van der Waals surface area (Å²) in [6.45, 7) is 7.57. The van der Waals surface area contributed by atoms with Crippen LogP contribution in [-0.4, -0.2) is 20.7 Å². The maximum atomic E-state index is 6.36. The van der Waals surface area contributed by atoms with Gasteiger partial charge < -0.3 is 0 Å². The molecule has 2 aromatic heterocycles. The van der Waals surface area contributed by atoms with E-state index in [0.29, 0.717) is 11.5 Å². The number of pyridine rings is 1. The van der Waals surface area contributed by atoms with Crippen LogP contribution >= 0.6 is 0 Å². The molecule has 5 aromatic rings. The van der Waals surface area contributed by atoms with Crippen LogP contribution in [0.25, 0.3) is 16.7 Å². The molecule has 0 atom stereocenters. The molecular formula is C31H28N4OPt-2. The molecule has 0 aliphatic carbocycles. The molecule has 3 aromatic carbocycles. The van der Waals surface area contributed by atoms with Crippen LogP contribution in [0.4, 0.5) is 11.5 Å². The Morgan fingerprint density at radius 2 is 1.73 bits per heavy atom. The molecule has 0 spiro atoms. The van der Waals surface area contributed by atoms with Gasteiger partial charge in [0.15, 0.2) is 0 Å². The monoisotopic (exact) mass is 667 g/mol. The predicted molar refractivity (Wildman–Crippen MR) is 143 cm³/mol. The number of hydrogen-bond donors (Lipinski definition) is 0. The van der Waals surface area contributed by atoms with E-state index in [4.69, 9.17) is 4.74 Å². The van der Waals surface area contributed by atoms with Gasteiger partial charge in [0.25, 0.3) is 0 Å². The molecular weight excluding hydrogens is 639 g/mol. The second kappa shape index (κ2) is 9.15. The molecule has 5 nitrogen and oxygen atoms in total. The van der Waals surface area contributed by atoms with E-state index in [-0.39, 0.29) is 5.41 Å². The van der Waals surface area contributed by atoms with Gasteiger partial charge in [-0.05, 0) is 18.6 Å². The molecule has 190 valence electrons. The molecule has 0 amide bonds. The van der Waals surface area contributed by atoms with Gasteiger partial charge in [0.05, 0.1) is 0 Å². The van der Waals surface area contributed by atoms with E-state index in [1.165, 1.54) is 16.6 Å². The third-order valence-corrected chi connectivity index (χ3v) is 8.43. The molecule has 0 bridgehead atoms. The van der Waals surface area contributed by atoms with E-state index in [2.05, 4.69) is 121 Å². The molecule has 1 aliphatic rings. The van der Waals surface area contributed by atoms with Gasteiger partial charge in [-0.25, -0.2) is 0 Å². The standard InChI is InChI=1S/C31H28N4O.Pt/c1-22-14-16-32-30(18-22)34-17-15-31(2,3)26-13-12-25(20-29(26)34)36-24-9-7-8-23(19-24)35-21-33(4)27-10-5-6-11-28(27)35;/h5-14,16,18H,15,17H2,1-4H3;/q-2;. The van der Waals surface area contributed by atoms with Crippen LogP contribution in [-0.2, 0) is 31.8 Å². The van der Waals surface area contributed by atoms with Crippen LogP contribution in [0, 0.1) is 22.9 Å². The number of benzene rings is 3. The second-order valence-corrected chi connectivity index (χ2v) is 11.2. The van der Waals surface area contributed by atoms with E-state index >= 15 is 0 Å². The fourth-order valence-electron chi connectivity index (χ4n) is 5.05. The van der Waals surface area contributed by atoms with Crippen LogP contribution in [0.1, 0.15) is 31.4 Å². The van der Waals surface area contributed by atoms with E-state index in [0.717, 1.165) is 39.5 Å². The summed E-state index contributed by atoms with van der Waals surface area (Å²) >= 11 is 2.36. The number of rotatable bonds is 4. The number of anilines is 2. The van der Waals surface area contributed by atoms with Gasteiger partial charge in [-0.2, -0.15) is 0 Å². The summed E-state index contributed by atoms with van der Waals surface area (Å²) in [6.07, 6.45) is 2.91. The van der Waals surface area contributed by atoms with Crippen molar-refractivity contribution in [2.45, 2.75) is 32.6 Å². The van der Waals surface area contributed by atoms with Crippen molar-refractivity contribution in [1.29, 1.82) is 0 Å². The summed E-state index contributed by atoms with van der Waals surface area (Å²) in [5.74, 6) is 2.27. The van der Waals surface area contributed by atoms with Crippen LogP contribution < -0.4 is 9.64 Å². The van der Waals surface area contributed by atoms with E-state index in [1.807, 2.05) is 30.5 Å². The van der Waals surface area contributed by atoms with Gasteiger partial charge >= 0.3 is 204 Å². The van der Waals surface area contributed by atoms with Crippen molar-refractivity contribution < 1.29 is 24.1 Å². The van der Waals surface area contributed by atoms with Gasteiger partial charge in [-0.1, -0.05) is 0 Å². The summed E-state index contributed by atoms with van der Waals surface area (Å²) in [6, 6.07) is 29.8. The molecule has 3 heterocycles. The first-order chi connectivity index (χ1) is 17.8. The van der Waals surface area contributed by atoms with Gasteiger partial charge in [0, 0.05) is 6.20 Å². The van der Waals surface area contributed by atoms with Crippen molar-refractivity contribution in [3.8, 4) is 17.2 Å². The first kappa shape index (κ1) is 23.9. The summed E-state index contributed by atoms with van der Waals surface area (Å²) in [7, 11) is 2.08. The van der Waals surface area contributed by atoms with E-state index < -0.39 is 0 Å². The Kier molecular flexibility index (Phi) is 5.92. The average Bonchev–Trinajstić information content (AvgIpc) is 3.14. The molecule has 37 heavy (non-hydrogen) atoms. The Balaban J connectivity index is 1.39. The zero-order valence-corrected chi connectivity index (χ0v) is 23.6. The zero-order chi connectivity index (χ0) is 25.7. The van der Waals surface area contributed by atoms with Crippen LogP contribution in [0.3, 0.4) is 0 Å². The quantitative estimate of drug-likeness (QED) is 0.195. The van der Waals surface area contributed by atoms with E-state index in [1.54, 1.807) is 0 Å². The van der Waals surface area contributed by atoms with E-state index in [9.17, 15) is 0 Å². The average molecular weight is 668 g/mol. The number of aromatic nitrogens is 3. The first-order valence-corrected chi connectivity index (χ1v) is 13.5. The Hall–Kier alpha value is -3.43. The second-order valence-electron chi connectivity index (χ2n) is 10.2. The van der Waals surface area contributed by atoms with Crippen molar-refractivity contribution in [3.05, 3.63) is 100.0 Å². The molecule has 0 saturated heterocycles. The SMILES string of the molecule is Cc1ccnc(N2CCC(C)(C)c3ccc(Oc4[c-]c(-n5[c](=[Pt])n(C)c6ccccc65)ccc4)[c-]c32)c1. The Bertz CT molecular complexity index is 1700. The molecule has 1 aliphatic heterocycles. The van der Waals surface area contributed by atoms with Crippen LogP contribution in [0.2, 0.25) is 0 Å². The molecule has 6 heteroatoms. The van der Waals surface area contributed by atoms with Crippen LogP contribution in [0.5, 0.6) is 11.5 Å². The summed E-state index contributed by atoms with van der Waals surface area (Å²) in [5, 5.41) is 0. The summed E-state index contributed by atoms with van der Waals surface area (Å²) in [4.78, 5) is 6.92. The van der Waals surface area contributed by atoms with Crippen molar-refractivity contribution >= 4 is 22.5 Å². The minimum absolute atomic E-state index is 0.0541. The number of aryl methyl sites for hydroxylation is 2. The van der Waals surface area contributed by atoms with Gasteiger partial charge in [-0.15, -0.1) is 0 Å². The molecule has 6 rings (SSSR count). The first-order valence-electron chi connectivity index (χ1n) is 12.4. The molecule has 0 radical (unpaired) electrons. The fourth-order valence-corrected chi connectivity index (χ4v) is 5.88. The predicted octanol–water partition coefficient (Wildman–Crippen LogP) is 6.96. The molecule has 0 N–H and O–H groups in total. The topological polar surface area (TPSA) is 35.2 Å². The fraction of sp³-hybridized carbons (Fsp3) is 0.226. The summed E-state index contributed by atoms with van der Waals surface area (Å²) < 4.78 is 11.8.